The first-order valence-corrected chi connectivity index (χ1v) is 7.78. The summed E-state index contributed by atoms with van der Waals surface area (Å²) < 4.78 is 3.97. The molecule has 0 unspecified atom stereocenters. The predicted molar refractivity (Wildman–Crippen MR) is 91.5 cm³/mol. The van der Waals surface area contributed by atoms with Crippen molar-refractivity contribution in [2.24, 2.45) is 7.05 Å². The first kappa shape index (κ1) is 15.1. The third-order valence-corrected chi connectivity index (χ3v) is 3.96. The molecule has 0 aliphatic rings. The molecule has 2 aromatic heterocycles. The van der Waals surface area contributed by atoms with Crippen LogP contribution in [0.2, 0.25) is 0 Å². The molecule has 2 N–H and O–H groups in total. The zero-order valence-corrected chi connectivity index (χ0v) is 13.4. The number of hydrogen-bond acceptors (Lipinski definition) is 2. The predicted octanol–water partition coefficient (Wildman–Crippen LogP) is 2.76. The van der Waals surface area contributed by atoms with Crippen molar-refractivity contribution in [3.8, 4) is 0 Å². The zero-order chi connectivity index (χ0) is 16.2. The summed E-state index contributed by atoms with van der Waals surface area (Å²) in [6.07, 6.45) is 4.57. The van der Waals surface area contributed by atoms with Crippen LogP contribution in [-0.4, -0.2) is 26.9 Å². The molecule has 0 atom stereocenters. The average molecular weight is 311 g/mol. The lowest BCUT2D eigenvalue weighted by Crippen LogP contribution is -2.30. The Hall–Kier alpha value is -2.76. The minimum absolute atomic E-state index is 0.193. The van der Waals surface area contributed by atoms with Gasteiger partial charge in [0.05, 0.1) is 5.52 Å². The Bertz CT molecular complexity index is 817. The lowest BCUT2D eigenvalue weighted by molar-refractivity contribution is 0.252. The molecule has 3 aromatic rings. The first-order chi connectivity index (χ1) is 11.2. The molecule has 0 aliphatic carbocycles. The number of nitrogens with one attached hydrogen (secondary N) is 2. The third kappa shape index (κ3) is 3.36. The summed E-state index contributed by atoms with van der Waals surface area (Å²) in [7, 11) is 1.90. The molecule has 23 heavy (non-hydrogen) atoms. The van der Waals surface area contributed by atoms with E-state index in [1.165, 1.54) is 5.39 Å². The monoisotopic (exact) mass is 311 g/mol. The molecule has 3 rings (SSSR count). The normalized spacial score (nSPS) is 10.9. The molecule has 6 nitrogen and oxygen atoms in total. The van der Waals surface area contributed by atoms with E-state index >= 15 is 0 Å². The highest BCUT2D eigenvalue weighted by Crippen LogP contribution is 2.20. The van der Waals surface area contributed by atoms with Gasteiger partial charge < -0.3 is 15.2 Å². The molecule has 2 amide bonds. The summed E-state index contributed by atoms with van der Waals surface area (Å²) in [4.78, 5) is 12.0. The van der Waals surface area contributed by atoms with Crippen molar-refractivity contribution in [1.82, 2.24) is 19.7 Å². The van der Waals surface area contributed by atoms with Crippen molar-refractivity contribution >= 4 is 22.6 Å². The summed E-state index contributed by atoms with van der Waals surface area (Å²) in [6.45, 7) is 3.58. The molecule has 1 aromatic carbocycles. The lowest BCUT2D eigenvalue weighted by Gasteiger charge is -2.09. The van der Waals surface area contributed by atoms with E-state index in [0.29, 0.717) is 6.54 Å². The number of aromatic nitrogens is 3. The minimum Gasteiger partial charge on any atom is -0.348 e. The Labute approximate surface area is 135 Å². The highest BCUT2D eigenvalue weighted by atomic mass is 16.2. The van der Waals surface area contributed by atoms with Crippen LogP contribution in [-0.2, 0) is 20.0 Å². The van der Waals surface area contributed by atoms with Crippen LogP contribution in [0.1, 0.15) is 12.6 Å². The quantitative estimate of drug-likeness (QED) is 0.761. The van der Waals surface area contributed by atoms with Crippen LogP contribution >= 0.6 is 0 Å². The molecular formula is C17H21N5O. The Morgan fingerprint density at radius 3 is 2.87 bits per heavy atom. The van der Waals surface area contributed by atoms with E-state index < -0.39 is 0 Å². The van der Waals surface area contributed by atoms with Gasteiger partial charge in [-0.25, -0.2) is 4.79 Å². The topological polar surface area (TPSA) is 63.9 Å². The molecule has 0 saturated heterocycles. The molecule has 0 spiro atoms. The van der Waals surface area contributed by atoms with Crippen molar-refractivity contribution in [3.05, 3.63) is 48.4 Å². The fraction of sp³-hybridized carbons (Fsp3) is 0.294. The van der Waals surface area contributed by atoms with Gasteiger partial charge in [-0.3, -0.25) is 4.68 Å². The number of carbonyl (C=O) groups excluding carboxylic acids is 1. The molecule has 0 aliphatic heterocycles. The fourth-order valence-corrected chi connectivity index (χ4v) is 2.66. The first-order valence-electron chi connectivity index (χ1n) is 7.78. The number of rotatable bonds is 5. The van der Waals surface area contributed by atoms with E-state index in [1.807, 2.05) is 36.0 Å². The summed E-state index contributed by atoms with van der Waals surface area (Å²) >= 11 is 0. The molecule has 0 bridgehead atoms. The van der Waals surface area contributed by atoms with E-state index in [1.54, 1.807) is 6.20 Å². The van der Waals surface area contributed by atoms with Crippen LogP contribution in [0.4, 0.5) is 10.5 Å². The molecule has 6 heteroatoms. The SMILES string of the molecule is CCn1ccc2ccc(NC(=O)NCCc3ccnn3C)cc21. The second-order valence-corrected chi connectivity index (χ2v) is 5.45. The second-order valence-electron chi connectivity index (χ2n) is 5.45. The van der Waals surface area contributed by atoms with E-state index in [4.69, 9.17) is 0 Å². The summed E-state index contributed by atoms with van der Waals surface area (Å²) in [5.41, 5.74) is 3.01. The Morgan fingerprint density at radius 1 is 1.26 bits per heavy atom. The largest absolute Gasteiger partial charge is 0.348 e. The number of benzene rings is 1. The van der Waals surface area contributed by atoms with Crippen LogP contribution in [0.5, 0.6) is 0 Å². The van der Waals surface area contributed by atoms with Crippen molar-refractivity contribution in [2.45, 2.75) is 19.9 Å². The number of urea groups is 1. The van der Waals surface area contributed by atoms with E-state index in [-0.39, 0.29) is 6.03 Å². The van der Waals surface area contributed by atoms with Gasteiger partial charge in [0.25, 0.3) is 0 Å². The number of anilines is 1. The number of aryl methyl sites for hydroxylation is 2. The van der Waals surface area contributed by atoms with E-state index in [0.717, 1.165) is 29.9 Å². The summed E-state index contributed by atoms with van der Waals surface area (Å²) in [5.74, 6) is 0. The van der Waals surface area contributed by atoms with Crippen LogP contribution in [0, 0.1) is 0 Å². The smallest absolute Gasteiger partial charge is 0.319 e. The van der Waals surface area contributed by atoms with Crippen LogP contribution < -0.4 is 10.6 Å². The van der Waals surface area contributed by atoms with Crippen LogP contribution in [0.25, 0.3) is 10.9 Å². The molecular weight excluding hydrogens is 290 g/mol. The van der Waals surface area contributed by atoms with Gasteiger partial charge in [-0.15, -0.1) is 0 Å². The summed E-state index contributed by atoms with van der Waals surface area (Å²) in [5, 5.41) is 11.0. The molecule has 0 saturated carbocycles. The van der Waals surface area contributed by atoms with Gasteiger partial charge in [0, 0.05) is 50.3 Å². The Kier molecular flexibility index (Phi) is 4.32. The van der Waals surface area contributed by atoms with Gasteiger partial charge in [-0.05, 0) is 36.6 Å². The maximum atomic E-state index is 12.0. The van der Waals surface area contributed by atoms with Crippen molar-refractivity contribution < 1.29 is 4.79 Å². The van der Waals surface area contributed by atoms with Crippen LogP contribution in [0.3, 0.4) is 0 Å². The number of amides is 2. The van der Waals surface area contributed by atoms with E-state index in [2.05, 4.69) is 39.5 Å². The number of carbonyl (C=O) groups is 1. The standard InChI is InChI=1S/C17H21N5O/c1-3-22-11-8-13-4-5-14(12-16(13)22)20-17(23)18-9-6-15-7-10-19-21(15)2/h4-5,7-8,10-12H,3,6,9H2,1-2H3,(H2,18,20,23). The lowest BCUT2D eigenvalue weighted by atomic mass is 10.2. The number of nitrogens with zero attached hydrogens (tertiary/aromatic N) is 3. The fourth-order valence-electron chi connectivity index (χ4n) is 2.66. The van der Waals surface area contributed by atoms with Crippen LogP contribution in [0.15, 0.2) is 42.7 Å². The van der Waals surface area contributed by atoms with Crippen molar-refractivity contribution in [3.63, 3.8) is 0 Å². The molecule has 0 fully saturated rings. The zero-order valence-electron chi connectivity index (χ0n) is 13.4. The summed E-state index contributed by atoms with van der Waals surface area (Å²) in [6, 6.07) is 9.78. The van der Waals surface area contributed by atoms with Crippen molar-refractivity contribution in [1.29, 1.82) is 0 Å². The average Bonchev–Trinajstić information content (AvgIpc) is 3.13. The van der Waals surface area contributed by atoms with Gasteiger partial charge in [0.1, 0.15) is 0 Å². The van der Waals surface area contributed by atoms with Gasteiger partial charge >= 0.3 is 6.03 Å². The maximum absolute atomic E-state index is 12.0. The van der Waals surface area contributed by atoms with Gasteiger partial charge in [-0.2, -0.15) is 5.10 Å². The van der Waals surface area contributed by atoms with Gasteiger partial charge in [0.2, 0.25) is 0 Å². The third-order valence-electron chi connectivity index (χ3n) is 3.96. The number of fused-ring (bicyclic) bond motifs is 1. The van der Waals surface area contributed by atoms with Gasteiger partial charge in [-0.1, -0.05) is 6.07 Å². The highest BCUT2D eigenvalue weighted by molar-refractivity contribution is 5.92. The Balaban J connectivity index is 1.58. The highest BCUT2D eigenvalue weighted by Gasteiger charge is 2.05. The minimum atomic E-state index is -0.193. The molecule has 120 valence electrons. The second kappa shape index (κ2) is 6.56. The number of hydrogen-bond donors (Lipinski definition) is 2. The maximum Gasteiger partial charge on any atom is 0.319 e. The van der Waals surface area contributed by atoms with Crippen molar-refractivity contribution in [2.75, 3.05) is 11.9 Å². The molecule has 0 radical (unpaired) electrons. The van der Waals surface area contributed by atoms with E-state index in [9.17, 15) is 4.79 Å². The molecule has 2 heterocycles. The Morgan fingerprint density at radius 2 is 2.13 bits per heavy atom. The van der Waals surface area contributed by atoms with Gasteiger partial charge in [0.15, 0.2) is 0 Å².